The molecular weight excluding hydrogens is 400 g/mol. The fourth-order valence-electron chi connectivity index (χ4n) is 6.27. The normalized spacial score (nSPS) is 33.5. The Balaban J connectivity index is 1.67. The van der Waals surface area contributed by atoms with Crippen molar-refractivity contribution in [3.63, 3.8) is 0 Å². The van der Waals surface area contributed by atoms with Crippen molar-refractivity contribution in [2.24, 2.45) is 17.3 Å². The minimum absolute atomic E-state index is 0.0227. The highest BCUT2D eigenvalue weighted by molar-refractivity contribution is 5.99. The summed E-state index contributed by atoms with van der Waals surface area (Å²) in [5.74, 6) is -0.459. The first-order valence-electron chi connectivity index (χ1n) is 10.8. The van der Waals surface area contributed by atoms with Gasteiger partial charge in [0.25, 0.3) is 0 Å². The zero-order valence-corrected chi connectivity index (χ0v) is 18.3. The molecule has 3 aliphatic rings. The molecule has 1 aromatic rings. The molecule has 0 N–H and O–H groups in total. The van der Waals surface area contributed by atoms with E-state index in [1.54, 1.807) is 12.1 Å². The number of benzene rings is 1. The summed E-state index contributed by atoms with van der Waals surface area (Å²) in [6, 6.07) is 5.30. The van der Waals surface area contributed by atoms with E-state index in [0.717, 1.165) is 18.4 Å². The Morgan fingerprint density at radius 2 is 1.74 bits per heavy atom. The van der Waals surface area contributed by atoms with Gasteiger partial charge >= 0.3 is 17.9 Å². The second-order valence-corrected chi connectivity index (χ2v) is 9.30. The Kier molecular flexibility index (Phi) is 5.40. The van der Waals surface area contributed by atoms with Crippen molar-refractivity contribution in [2.45, 2.75) is 71.5 Å². The van der Waals surface area contributed by atoms with E-state index in [9.17, 15) is 19.2 Å². The number of carbonyl (C=O) groups excluding carboxylic acids is 4. The van der Waals surface area contributed by atoms with Crippen molar-refractivity contribution in [3.8, 4) is 5.75 Å². The molecule has 0 amide bonds. The lowest BCUT2D eigenvalue weighted by atomic mass is 9.55. The molecule has 0 heterocycles. The van der Waals surface area contributed by atoms with Crippen molar-refractivity contribution in [2.75, 3.05) is 0 Å². The van der Waals surface area contributed by atoms with Crippen LogP contribution in [0, 0.1) is 17.3 Å². The van der Waals surface area contributed by atoms with Gasteiger partial charge in [0, 0.05) is 38.2 Å². The molecule has 166 valence electrons. The van der Waals surface area contributed by atoms with E-state index < -0.39 is 30.1 Å². The Labute approximate surface area is 181 Å². The molecule has 0 radical (unpaired) electrons. The van der Waals surface area contributed by atoms with Crippen molar-refractivity contribution >= 4 is 23.7 Å². The van der Waals surface area contributed by atoms with Crippen LogP contribution in [0.1, 0.15) is 75.2 Å². The largest absolute Gasteiger partial charge is 0.459 e. The molecule has 6 atom stereocenters. The first-order chi connectivity index (χ1) is 14.6. The summed E-state index contributed by atoms with van der Waals surface area (Å²) in [5.41, 5.74) is 1.25. The quantitative estimate of drug-likeness (QED) is 0.536. The summed E-state index contributed by atoms with van der Waals surface area (Å²) in [6.45, 7) is 6.15. The van der Waals surface area contributed by atoms with Crippen molar-refractivity contribution in [1.29, 1.82) is 0 Å². The number of hydrogen-bond acceptors (Lipinski definition) is 7. The standard InChI is InChI=1S/C24H28O7/c1-12(25)29-15-5-6-16-17-7-8-24(4)20(18(17)10-21(28)19(16)9-15)11-22(30-13(2)26)23(24)31-14(3)27/h5-6,9,17-18,20,22-23H,7-8,10-11H2,1-4H3/t17-,18-,20+,22+,23-,24-/m0/s1. The van der Waals surface area contributed by atoms with Gasteiger partial charge in [-0.05, 0) is 54.7 Å². The van der Waals surface area contributed by atoms with Gasteiger partial charge < -0.3 is 14.2 Å². The monoisotopic (exact) mass is 428 g/mol. The molecule has 2 saturated carbocycles. The van der Waals surface area contributed by atoms with Gasteiger partial charge in [-0.25, -0.2) is 0 Å². The van der Waals surface area contributed by atoms with Crippen LogP contribution in [0.3, 0.4) is 0 Å². The van der Waals surface area contributed by atoms with E-state index in [1.807, 2.05) is 6.07 Å². The highest BCUT2D eigenvalue weighted by Gasteiger charge is 2.61. The van der Waals surface area contributed by atoms with Gasteiger partial charge in [-0.15, -0.1) is 0 Å². The van der Waals surface area contributed by atoms with Crippen molar-refractivity contribution in [1.82, 2.24) is 0 Å². The number of esters is 3. The number of carbonyl (C=O) groups is 4. The lowest BCUT2D eigenvalue weighted by Crippen LogP contribution is -2.47. The van der Waals surface area contributed by atoms with Gasteiger partial charge in [0.2, 0.25) is 0 Å². The molecule has 7 heteroatoms. The van der Waals surface area contributed by atoms with Crippen LogP contribution in [0.15, 0.2) is 18.2 Å². The number of rotatable bonds is 3. The summed E-state index contributed by atoms with van der Waals surface area (Å²) in [5, 5.41) is 0. The highest BCUT2D eigenvalue weighted by Crippen LogP contribution is 2.62. The average Bonchev–Trinajstić information content (AvgIpc) is 2.93. The van der Waals surface area contributed by atoms with Crippen LogP contribution in [-0.2, 0) is 23.9 Å². The zero-order valence-electron chi connectivity index (χ0n) is 18.3. The van der Waals surface area contributed by atoms with E-state index >= 15 is 0 Å². The van der Waals surface area contributed by atoms with Gasteiger partial charge in [0.15, 0.2) is 5.78 Å². The molecule has 7 nitrogen and oxygen atoms in total. The molecule has 3 aliphatic carbocycles. The van der Waals surface area contributed by atoms with Crippen molar-refractivity contribution in [3.05, 3.63) is 29.3 Å². The fourth-order valence-corrected chi connectivity index (χ4v) is 6.27. The molecule has 0 saturated heterocycles. The Bertz CT molecular complexity index is 951. The molecule has 1 aromatic carbocycles. The number of hydrogen-bond donors (Lipinski definition) is 0. The summed E-state index contributed by atoms with van der Waals surface area (Å²) < 4.78 is 16.4. The van der Waals surface area contributed by atoms with Crippen LogP contribution in [0.25, 0.3) is 0 Å². The number of ether oxygens (including phenoxy) is 3. The topological polar surface area (TPSA) is 96.0 Å². The van der Waals surface area contributed by atoms with Gasteiger partial charge in [0.05, 0.1) is 0 Å². The number of ketones is 1. The molecule has 0 unspecified atom stereocenters. The van der Waals surface area contributed by atoms with Crippen LogP contribution >= 0.6 is 0 Å². The maximum absolute atomic E-state index is 13.1. The molecule has 4 rings (SSSR count). The molecule has 0 aromatic heterocycles. The maximum Gasteiger partial charge on any atom is 0.308 e. The van der Waals surface area contributed by atoms with Crippen LogP contribution in [-0.4, -0.2) is 35.9 Å². The SMILES string of the molecule is CC(=O)Oc1ccc2c(c1)C(=O)C[C@@H]1[C@H]3C[C@@H](OC(C)=O)[C@H](OC(C)=O)[C@@]3(C)CC[C@@H]21. The highest BCUT2D eigenvalue weighted by atomic mass is 16.6. The summed E-state index contributed by atoms with van der Waals surface area (Å²) in [6.07, 6.45) is 1.58. The Morgan fingerprint density at radius 1 is 1.03 bits per heavy atom. The lowest BCUT2D eigenvalue weighted by Gasteiger charge is -2.49. The third-order valence-corrected chi connectivity index (χ3v) is 7.37. The second-order valence-electron chi connectivity index (χ2n) is 9.30. The first-order valence-corrected chi connectivity index (χ1v) is 10.8. The molecule has 2 fully saturated rings. The number of fused-ring (bicyclic) bond motifs is 5. The second kappa shape index (κ2) is 7.77. The van der Waals surface area contributed by atoms with Crippen LogP contribution in [0.4, 0.5) is 0 Å². The van der Waals surface area contributed by atoms with E-state index in [-0.39, 0.29) is 29.0 Å². The number of Topliss-reactive ketones (excluding diaryl/α,β-unsaturated/α-hetero) is 1. The van der Waals surface area contributed by atoms with Gasteiger partial charge in [-0.2, -0.15) is 0 Å². The minimum Gasteiger partial charge on any atom is -0.459 e. The van der Waals surface area contributed by atoms with E-state index in [4.69, 9.17) is 14.2 Å². The van der Waals surface area contributed by atoms with Gasteiger partial charge in [-0.1, -0.05) is 13.0 Å². The molecule has 31 heavy (non-hydrogen) atoms. The van der Waals surface area contributed by atoms with E-state index in [0.29, 0.717) is 24.2 Å². The minimum atomic E-state index is -0.511. The predicted molar refractivity (Wildman–Crippen MR) is 109 cm³/mol. The third-order valence-electron chi connectivity index (χ3n) is 7.37. The predicted octanol–water partition coefficient (Wildman–Crippen LogP) is 3.58. The maximum atomic E-state index is 13.1. The Hall–Kier alpha value is -2.70. The van der Waals surface area contributed by atoms with Crippen LogP contribution in [0.5, 0.6) is 5.75 Å². The van der Waals surface area contributed by atoms with Crippen LogP contribution in [0.2, 0.25) is 0 Å². The molecule has 0 bridgehead atoms. The first kappa shape index (κ1) is 21.5. The lowest BCUT2D eigenvalue weighted by molar-refractivity contribution is -0.171. The molecule has 0 aliphatic heterocycles. The van der Waals surface area contributed by atoms with Gasteiger partial charge in [0.1, 0.15) is 18.0 Å². The fraction of sp³-hybridized carbons (Fsp3) is 0.583. The van der Waals surface area contributed by atoms with Crippen molar-refractivity contribution < 1.29 is 33.4 Å². The van der Waals surface area contributed by atoms with Crippen LogP contribution < -0.4 is 4.74 Å². The van der Waals surface area contributed by atoms with E-state index in [2.05, 4.69) is 6.92 Å². The smallest absolute Gasteiger partial charge is 0.308 e. The molecule has 0 spiro atoms. The zero-order chi connectivity index (χ0) is 22.5. The third kappa shape index (κ3) is 3.75. The summed E-state index contributed by atoms with van der Waals surface area (Å²) in [7, 11) is 0. The average molecular weight is 428 g/mol. The summed E-state index contributed by atoms with van der Waals surface area (Å²) in [4.78, 5) is 47.9. The Morgan fingerprint density at radius 3 is 2.39 bits per heavy atom. The van der Waals surface area contributed by atoms with Gasteiger partial charge in [-0.3, -0.25) is 19.2 Å². The summed E-state index contributed by atoms with van der Waals surface area (Å²) >= 11 is 0. The van der Waals surface area contributed by atoms with E-state index in [1.165, 1.54) is 20.8 Å². The molecular formula is C24H28O7.